The SMILES string of the molecule is NC1=NN(c2ccccc2)C=CC1C(=O)Oc1ccccc1. The van der Waals surface area contributed by atoms with E-state index in [-0.39, 0.29) is 5.84 Å². The third-order valence-electron chi connectivity index (χ3n) is 3.20. The first-order valence-corrected chi connectivity index (χ1v) is 6.87. The molecule has 0 aliphatic carbocycles. The van der Waals surface area contributed by atoms with E-state index in [0.29, 0.717) is 5.75 Å². The van der Waals surface area contributed by atoms with Crippen molar-refractivity contribution < 1.29 is 9.53 Å². The summed E-state index contributed by atoms with van der Waals surface area (Å²) in [6, 6.07) is 18.4. The van der Waals surface area contributed by atoms with E-state index in [1.165, 1.54) is 0 Å². The molecular formula is C17H15N3O2. The lowest BCUT2D eigenvalue weighted by Crippen LogP contribution is -2.36. The summed E-state index contributed by atoms with van der Waals surface area (Å²) < 4.78 is 5.30. The summed E-state index contributed by atoms with van der Waals surface area (Å²) in [7, 11) is 0. The minimum Gasteiger partial charge on any atom is -0.426 e. The minimum absolute atomic E-state index is 0.201. The number of hydrogen-bond donors (Lipinski definition) is 1. The largest absolute Gasteiger partial charge is 0.426 e. The zero-order valence-electron chi connectivity index (χ0n) is 11.8. The molecule has 1 unspecified atom stereocenters. The van der Waals surface area contributed by atoms with Crippen molar-refractivity contribution in [3.63, 3.8) is 0 Å². The summed E-state index contributed by atoms with van der Waals surface area (Å²) in [5, 5.41) is 5.86. The van der Waals surface area contributed by atoms with Crippen LogP contribution in [0.4, 0.5) is 5.69 Å². The number of rotatable bonds is 3. The molecule has 0 radical (unpaired) electrons. The van der Waals surface area contributed by atoms with Gasteiger partial charge in [0, 0.05) is 6.20 Å². The molecule has 5 heteroatoms. The fraction of sp³-hybridized carbons (Fsp3) is 0.0588. The van der Waals surface area contributed by atoms with Crippen molar-refractivity contribution in [1.82, 2.24) is 0 Å². The first-order chi connectivity index (χ1) is 10.7. The molecule has 2 aromatic rings. The molecule has 1 atom stereocenters. The number of esters is 1. The van der Waals surface area contributed by atoms with Gasteiger partial charge in [0.25, 0.3) is 0 Å². The van der Waals surface area contributed by atoms with Gasteiger partial charge < -0.3 is 10.5 Å². The normalized spacial score (nSPS) is 17.0. The number of anilines is 1. The summed E-state index contributed by atoms with van der Waals surface area (Å²) in [6.45, 7) is 0. The van der Waals surface area contributed by atoms with Crippen molar-refractivity contribution in [1.29, 1.82) is 0 Å². The Hall–Kier alpha value is -3.08. The van der Waals surface area contributed by atoms with Crippen molar-refractivity contribution in [2.75, 3.05) is 5.01 Å². The third kappa shape index (κ3) is 2.98. The van der Waals surface area contributed by atoms with Gasteiger partial charge in [0.1, 0.15) is 17.5 Å². The number of nitrogens with zero attached hydrogens (tertiary/aromatic N) is 2. The van der Waals surface area contributed by atoms with Crippen molar-refractivity contribution in [2.24, 2.45) is 16.8 Å². The number of amidine groups is 1. The van der Waals surface area contributed by atoms with E-state index < -0.39 is 11.9 Å². The van der Waals surface area contributed by atoms with Crippen LogP contribution in [0.1, 0.15) is 0 Å². The van der Waals surface area contributed by atoms with Crippen LogP contribution < -0.4 is 15.5 Å². The predicted octanol–water partition coefficient (Wildman–Crippen LogP) is 2.51. The van der Waals surface area contributed by atoms with Gasteiger partial charge in [-0.2, -0.15) is 5.10 Å². The van der Waals surface area contributed by atoms with E-state index in [1.807, 2.05) is 36.4 Å². The van der Waals surface area contributed by atoms with Gasteiger partial charge in [-0.05, 0) is 30.3 Å². The van der Waals surface area contributed by atoms with Gasteiger partial charge in [0.15, 0.2) is 0 Å². The number of para-hydroxylation sites is 2. The highest BCUT2D eigenvalue weighted by Gasteiger charge is 2.26. The van der Waals surface area contributed by atoms with Crippen LogP contribution in [0.3, 0.4) is 0 Å². The molecule has 0 bridgehead atoms. The minimum atomic E-state index is -0.680. The number of benzene rings is 2. The zero-order chi connectivity index (χ0) is 15.4. The molecule has 0 spiro atoms. The Balaban J connectivity index is 1.72. The summed E-state index contributed by atoms with van der Waals surface area (Å²) in [5.74, 6) is -0.442. The summed E-state index contributed by atoms with van der Waals surface area (Å²) in [6.07, 6.45) is 3.39. The van der Waals surface area contributed by atoms with Gasteiger partial charge in [0.05, 0.1) is 5.69 Å². The molecule has 2 N–H and O–H groups in total. The van der Waals surface area contributed by atoms with E-state index in [4.69, 9.17) is 10.5 Å². The lowest BCUT2D eigenvalue weighted by atomic mass is 10.1. The number of carbonyl (C=O) groups is 1. The van der Waals surface area contributed by atoms with Gasteiger partial charge in [0.2, 0.25) is 0 Å². The van der Waals surface area contributed by atoms with E-state index in [2.05, 4.69) is 5.10 Å². The maximum atomic E-state index is 12.2. The van der Waals surface area contributed by atoms with E-state index in [0.717, 1.165) is 5.69 Å². The van der Waals surface area contributed by atoms with Crippen LogP contribution in [-0.4, -0.2) is 11.8 Å². The Labute approximate surface area is 128 Å². The lowest BCUT2D eigenvalue weighted by molar-refractivity contribution is -0.135. The smallest absolute Gasteiger partial charge is 0.326 e. The summed E-state index contributed by atoms with van der Waals surface area (Å²) in [4.78, 5) is 12.2. The number of ether oxygens (including phenoxy) is 1. The second-order valence-corrected chi connectivity index (χ2v) is 4.76. The maximum Gasteiger partial charge on any atom is 0.326 e. The van der Waals surface area contributed by atoms with Crippen molar-refractivity contribution in [2.45, 2.75) is 0 Å². The van der Waals surface area contributed by atoms with Gasteiger partial charge in [-0.25, -0.2) is 5.01 Å². The van der Waals surface area contributed by atoms with Gasteiger partial charge in [-0.3, -0.25) is 4.79 Å². The van der Waals surface area contributed by atoms with Crippen molar-refractivity contribution in [3.05, 3.63) is 72.9 Å². The monoisotopic (exact) mass is 293 g/mol. The molecule has 1 aliphatic rings. The number of carbonyl (C=O) groups excluding carboxylic acids is 1. The van der Waals surface area contributed by atoms with E-state index in [1.54, 1.807) is 41.6 Å². The maximum absolute atomic E-state index is 12.2. The topological polar surface area (TPSA) is 67.9 Å². The first-order valence-electron chi connectivity index (χ1n) is 6.87. The molecule has 0 aromatic heterocycles. The molecule has 0 fully saturated rings. The molecule has 3 rings (SSSR count). The summed E-state index contributed by atoms with van der Waals surface area (Å²) >= 11 is 0. The molecule has 0 saturated carbocycles. The van der Waals surface area contributed by atoms with Crippen LogP contribution in [-0.2, 0) is 4.79 Å². The quantitative estimate of drug-likeness (QED) is 0.697. The fourth-order valence-corrected chi connectivity index (χ4v) is 2.08. The van der Waals surface area contributed by atoms with E-state index in [9.17, 15) is 4.79 Å². The van der Waals surface area contributed by atoms with Crippen LogP contribution in [0, 0.1) is 5.92 Å². The van der Waals surface area contributed by atoms with Gasteiger partial charge in [-0.15, -0.1) is 0 Å². The second kappa shape index (κ2) is 6.13. The molecule has 0 saturated heterocycles. The fourth-order valence-electron chi connectivity index (χ4n) is 2.08. The number of hydrogen-bond acceptors (Lipinski definition) is 5. The molecule has 22 heavy (non-hydrogen) atoms. The first kappa shape index (κ1) is 13.9. The Kier molecular flexibility index (Phi) is 3.87. The highest BCUT2D eigenvalue weighted by Crippen LogP contribution is 2.20. The average Bonchev–Trinajstić information content (AvgIpc) is 2.56. The highest BCUT2D eigenvalue weighted by atomic mass is 16.5. The zero-order valence-corrected chi connectivity index (χ0v) is 11.8. The summed E-state index contributed by atoms with van der Waals surface area (Å²) in [5.41, 5.74) is 6.79. The Morgan fingerprint density at radius 2 is 1.68 bits per heavy atom. The Bertz CT molecular complexity index is 711. The predicted molar refractivity (Wildman–Crippen MR) is 85.3 cm³/mol. The lowest BCUT2D eigenvalue weighted by Gasteiger charge is -2.22. The molecule has 2 aromatic carbocycles. The third-order valence-corrected chi connectivity index (χ3v) is 3.20. The molecule has 5 nitrogen and oxygen atoms in total. The molecule has 110 valence electrons. The molecule has 0 amide bonds. The molecule has 1 heterocycles. The van der Waals surface area contributed by atoms with Gasteiger partial charge >= 0.3 is 5.97 Å². The molecule has 1 aliphatic heterocycles. The number of hydrazone groups is 1. The van der Waals surface area contributed by atoms with Crippen LogP contribution in [0.5, 0.6) is 5.75 Å². The van der Waals surface area contributed by atoms with Gasteiger partial charge in [-0.1, -0.05) is 36.4 Å². The standard InChI is InChI=1S/C17H15N3O2/c18-16-15(17(21)22-14-9-5-2-6-10-14)11-12-20(19-16)13-7-3-1-4-8-13/h1-12,15H,(H2,18,19). The van der Waals surface area contributed by atoms with Crippen LogP contribution >= 0.6 is 0 Å². The van der Waals surface area contributed by atoms with Crippen molar-refractivity contribution in [3.8, 4) is 5.75 Å². The van der Waals surface area contributed by atoms with Crippen LogP contribution in [0.15, 0.2) is 78.0 Å². The second-order valence-electron chi connectivity index (χ2n) is 4.76. The highest BCUT2D eigenvalue weighted by molar-refractivity contribution is 6.03. The Morgan fingerprint density at radius 3 is 2.32 bits per heavy atom. The van der Waals surface area contributed by atoms with Crippen LogP contribution in [0.2, 0.25) is 0 Å². The van der Waals surface area contributed by atoms with Crippen molar-refractivity contribution >= 4 is 17.5 Å². The average molecular weight is 293 g/mol. The van der Waals surface area contributed by atoms with Crippen LogP contribution in [0.25, 0.3) is 0 Å². The molecular weight excluding hydrogens is 278 g/mol. The van der Waals surface area contributed by atoms with E-state index >= 15 is 0 Å². The Morgan fingerprint density at radius 1 is 1.05 bits per heavy atom. The number of nitrogens with two attached hydrogens (primary N) is 1.